The number of amides is 2. The highest BCUT2D eigenvalue weighted by molar-refractivity contribution is 7.10. The molecule has 0 atom stereocenters. The maximum absolute atomic E-state index is 13.3. The normalized spacial score (nSPS) is 14.1. The van der Waals surface area contributed by atoms with Gasteiger partial charge in [0.15, 0.2) is 0 Å². The number of likely N-dealkylation sites (tertiary alicyclic amines) is 1. The van der Waals surface area contributed by atoms with Crippen LogP contribution in [0.3, 0.4) is 0 Å². The van der Waals surface area contributed by atoms with Gasteiger partial charge < -0.3 is 14.6 Å². The highest BCUT2D eigenvalue weighted by atomic mass is 32.1. The molecule has 5 rings (SSSR count). The third-order valence-corrected chi connectivity index (χ3v) is 7.45. The summed E-state index contributed by atoms with van der Waals surface area (Å²) in [4.78, 5) is 32.1. The molecule has 3 heterocycles. The van der Waals surface area contributed by atoms with Crippen LogP contribution < -0.4 is 5.32 Å². The number of piperidine rings is 1. The number of para-hydroxylation sites is 1. The third kappa shape index (κ3) is 5.54. The van der Waals surface area contributed by atoms with E-state index in [0.717, 1.165) is 34.7 Å². The van der Waals surface area contributed by atoms with Crippen molar-refractivity contribution in [3.05, 3.63) is 94.6 Å². The van der Waals surface area contributed by atoms with Gasteiger partial charge in [0.05, 0.1) is 11.3 Å². The smallest absolute Gasteiger partial charge is 0.275 e. The Morgan fingerprint density at radius 1 is 1.06 bits per heavy atom. The molecule has 4 aromatic rings. The number of benzene rings is 2. The molecule has 0 saturated carbocycles. The highest BCUT2D eigenvalue weighted by Gasteiger charge is 2.26. The molecule has 1 saturated heterocycles. The fraction of sp³-hybridized carbons (Fsp3) is 0.250. The van der Waals surface area contributed by atoms with Crippen molar-refractivity contribution in [1.82, 2.24) is 9.88 Å². The van der Waals surface area contributed by atoms with Crippen molar-refractivity contribution in [2.24, 2.45) is 0 Å². The molecular weight excluding hydrogens is 477 g/mol. The lowest BCUT2D eigenvalue weighted by atomic mass is 9.97. The van der Waals surface area contributed by atoms with Gasteiger partial charge in [-0.3, -0.25) is 9.59 Å². The van der Waals surface area contributed by atoms with E-state index in [9.17, 15) is 14.0 Å². The fourth-order valence-corrected chi connectivity index (χ4v) is 5.43. The van der Waals surface area contributed by atoms with E-state index in [1.807, 2.05) is 41.3 Å². The van der Waals surface area contributed by atoms with Crippen LogP contribution in [0.15, 0.2) is 76.7 Å². The molecule has 0 aliphatic carbocycles. The zero-order valence-corrected chi connectivity index (χ0v) is 20.5. The first-order valence-electron chi connectivity index (χ1n) is 12.0. The van der Waals surface area contributed by atoms with Crippen LogP contribution in [0.2, 0.25) is 0 Å². The van der Waals surface area contributed by atoms with Crippen LogP contribution in [-0.2, 0) is 11.2 Å². The number of thiazole rings is 1. The predicted molar refractivity (Wildman–Crippen MR) is 137 cm³/mol. The van der Waals surface area contributed by atoms with Crippen LogP contribution in [-0.4, -0.2) is 34.8 Å². The maximum Gasteiger partial charge on any atom is 0.275 e. The second-order valence-corrected chi connectivity index (χ2v) is 9.70. The number of carbonyl (C=O) groups excluding carboxylic acids is 2. The second kappa shape index (κ2) is 10.9. The van der Waals surface area contributed by atoms with Gasteiger partial charge in [-0.2, -0.15) is 0 Å². The van der Waals surface area contributed by atoms with Crippen LogP contribution in [0.4, 0.5) is 10.1 Å². The molecule has 6 nitrogen and oxygen atoms in total. The van der Waals surface area contributed by atoms with E-state index >= 15 is 0 Å². The molecule has 0 spiro atoms. The van der Waals surface area contributed by atoms with Crippen molar-refractivity contribution >= 4 is 28.8 Å². The first-order chi connectivity index (χ1) is 17.6. The molecular formula is C28H26FN3O3S. The number of halogens is 1. The number of furan rings is 1. The van der Waals surface area contributed by atoms with Crippen LogP contribution in [0.25, 0.3) is 11.1 Å². The Morgan fingerprint density at radius 2 is 1.83 bits per heavy atom. The molecule has 1 aliphatic rings. The Kier molecular flexibility index (Phi) is 7.23. The summed E-state index contributed by atoms with van der Waals surface area (Å²) >= 11 is 1.49. The van der Waals surface area contributed by atoms with Gasteiger partial charge in [0, 0.05) is 48.5 Å². The molecule has 1 fully saturated rings. The van der Waals surface area contributed by atoms with Gasteiger partial charge in [-0.15, -0.1) is 11.3 Å². The number of hydrogen-bond donors (Lipinski definition) is 1. The summed E-state index contributed by atoms with van der Waals surface area (Å²) in [5.74, 6) is 0.616. The molecule has 0 radical (unpaired) electrons. The molecule has 0 unspecified atom stereocenters. The zero-order valence-electron chi connectivity index (χ0n) is 19.7. The monoisotopic (exact) mass is 503 g/mol. The van der Waals surface area contributed by atoms with E-state index in [2.05, 4.69) is 10.3 Å². The lowest BCUT2D eigenvalue weighted by molar-refractivity contribution is -0.132. The minimum absolute atomic E-state index is 0.142. The summed E-state index contributed by atoms with van der Waals surface area (Å²) in [6.07, 6.45) is 4.33. The van der Waals surface area contributed by atoms with Crippen molar-refractivity contribution in [3.8, 4) is 11.1 Å². The van der Waals surface area contributed by atoms with Gasteiger partial charge in [0.25, 0.3) is 5.91 Å². The minimum Gasteiger partial charge on any atom is -0.469 e. The summed E-state index contributed by atoms with van der Waals surface area (Å²) in [7, 11) is 0. The molecule has 8 heteroatoms. The lowest BCUT2D eigenvalue weighted by Gasteiger charge is -2.31. The number of hydrogen-bond acceptors (Lipinski definition) is 5. The van der Waals surface area contributed by atoms with Crippen molar-refractivity contribution in [1.29, 1.82) is 0 Å². The zero-order chi connectivity index (χ0) is 24.9. The van der Waals surface area contributed by atoms with Crippen LogP contribution in [0, 0.1) is 5.82 Å². The van der Waals surface area contributed by atoms with Crippen molar-refractivity contribution < 1.29 is 18.4 Å². The minimum atomic E-state index is -0.306. The van der Waals surface area contributed by atoms with E-state index in [-0.39, 0.29) is 23.5 Å². The highest BCUT2D eigenvalue weighted by Crippen LogP contribution is 2.32. The number of carbonyl (C=O) groups is 2. The van der Waals surface area contributed by atoms with Gasteiger partial charge in [0.1, 0.15) is 17.3 Å². The van der Waals surface area contributed by atoms with Crippen LogP contribution >= 0.6 is 11.3 Å². The number of anilines is 1. The Morgan fingerprint density at radius 3 is 2.58 bits per heavy atom. The van der Waals surface area contributed by atoms with Crippen LogP contribution in [0.5, 0.6) is 0 Å². The van der Waals surface area contributed by atoms with E-state index < -0.39 is 0 Å². The summed E-state index contributed by atoms with van der Waals surface area (Å²) in [6, 6.07) is 17.3. The van der Waals surface area contributed by atoms with Crippen molar-refractivity contribution in [2.45, 2.75) is 31.6 Å². The fourth-order valence-electron chi connectivity index (χ4n) is 4.46. The van der Waals surface area contributed by atoms with Gasteiger partial charge in [0.2, 0.25) is 5.91 Å². The standard InChI is InChI=1S/C28H26FN3O3S/c29-21-9-7-19(8-10-21)23-5-1-2-6-24(23)30-27(34)25-18-36-28(31-25)20-13-15-32(16-14-20)26(33)12-11-22-4-3-17-35-22/h1-10,17-18,20H,11-16H2,(H,30,34). The van der Waals surface area contributed by atoms with E-state index in [1.165, 1.54) is 23.5 Å². The molecule has 2 aromatic heterocycles. The van der Waals surface area contributed by atoms with Gasteiger partial charge >= 0.3 is 0 Å². The first-order valence-corrected chi connectivity index (χ1v) is 12.9. The largest absolute Gasteiger partial charge is 0.469 e. The number of aryl methyl sites for hydroxylation is 1. The first kappa shape index (κ1) is 23.9. The third-order valence-electron chi connectivity index (χ3n) is 6.45. The SMILES string of the molecule is O=C(Nc1ccccc1-c1ccc(F)cc1)c1csc(C2CCN(C(=O)CCc3ccco3)CC2)n1. The Labute approximate surface area is 212 Å². The van der Waals surface area contributed by atoms with Gasteiger partial charge in [-0.1, -0.05) is 30.3 Å². The molecule has 2 aromatic carbocycles. The van der Waals surface area contributed by atoms with Crippen LogP contribution in [0.1, 0.15) is 46.4 Å². The van der Waals surface area contributed by atoms with Gasteiger partial charge in [-0.25, -0.2) is 9.37 Å². The van der Waals surface area contributed by atoms with Gasteiger partial charge in [-0.05, 0) is 48.7 Å². The van der Waals surface area contributed by atoms with E-state index in [4.69, 9.17) is 4.42 Å². The summed E-state index contributed by atoms with van der Waals surface area (Å²) < 4.78 is 18.7. The average Bonchev–Trinajstić information content (AvgIpc) is 3.61. The second-order valence-electron chi connectivity index (χ2n) is 8.81. The molecule has 2 amide bonds. The molecule has 36 heavy (non-hydrogen) atoms. The average molecular weight is 504 g/mol. The molecule has 1 aliphatic heterocycles. The molecule has 1 N–H and O–H groups in total. The quantitative estimate of drug-likeness (QED) is 0.329. The molecule has 0 bridgehead atoms. The lowest BCUT2D eigenvalue weighted by Crippen LogP contribution is -2.38. The Balaban J connectivity index is 1.18. The van der Waals surface area contributed by atoms with E-state index in [0.29, 0.717) is 37.3 Å². The number of nitrogens with zero attached hydrogens (tertiary/aromatic N) is 2. The number of aromatic nitrogens is 1. The topological polar surface area (TPSA) is 75.4 Å². The summed E-state index contributed by atoms with van der Waals surface area (Å²) in [5, 5.41) is 5.66. The summed E-state index contributed by atoms with van der Waals surface area (Å²) in [6.45, 7) is 1.38. The van der Waals surface area contributed by atoms with E-state index in [1.54, 1.807) is 23.8 Å². The van der Waals surface area contributed by atoms with Crippen molar-refractivity contribution in [3.63, 3.8) is 0 Å². The van der Waals surface area contributed by atoms with Crippen molar-refractivity contribution in [2.75, 3.05) is 18.4 Å². The summed E-state index contributed by atoms with van der Waals surface area (Å²) in [5.41, 5.74) is 2.65. The number of rotatable bonds is 7. The molecule has 184 valence electrons. The predicted octanol–water partition coefficient (Wildman–Crippen LogP) is 6.13. The Bertz CT molecular complexity index is 1330. The maximum atomic E-state index is 13.3. The number of nitrogens with one attached hydrogen (secondary N) is 1. The Hall–Kier alpha value is -3.78.